The molecule has 1 unspecified atom stereocenters. The fourth-order valence-corrected chi connectivity index (χ4v) is 3.67. The molecule has 1 aliphatic carbocycles. The van der Waals surface area contributed by atoms with Gasteiger partial charge in [-0.15, -0.1) is 0 Å². The molecule has 1 aromatic rings. The van der Waals surface area contributed by atoms with E-state index in [0.717, 1.165) is 22.5 Å². The summed E-state index contributed by atoms with van der Waals surface area (Å²) in [6, 6.07) is 4.73. The zero-order valence-electron chi connectivity index (χ0n) is 12.8. The Hall–Kier alpha value is -0.740. The van der Waals surface area contributed by atoms with Crippen molar-refractivity contribution in [3.8, 4) is 11.5 Å². The molecule has 0 amide bonds. The summed E-state index contributed by atoms with van der Waals surface area (Å²) in [5, 5.41) is 3.69. The van der Waals surface area contributed by atoms with Crippen molar-refractivity contribution in [1.29, 1.82) is 0 Å². The van der Waals surface area contributed by atoms with Gasteiger partial charge in [0.05, 0.1) is 18.7 Å². The van der Waals surface area contributed by atoms with Gasteiger partial charge >= 0.3 is 0 Å². The molecule has 0 aliphatic heterocycles. The Morgan fingerprint density at radius 2 is 2.05 bits per heavy atom. The van der Waals surface area contributed by atoms with Crippen LogP contribution in [0.2, 0.25) is 0 Å². The first kappa shape index (κ1) is 15.6. The van der Waals surface area contributed by atoms with Gasteiger partial charge in [-0.2, -0.15) is 0 Å². The van der Waals surface area contributed by atoms with E-state index in [1.54, 1.807) is 14.2 Å². The highest BCUT2D eigenvalue weighted by Crippen LogP contribution is 2.38. The van der Waals surface area contributed by atoms with Crippen LogP contribution in [0.25, 0.3) is 0 Å². The van der Waals surface area contributed by atoms with Gasteiger partial charge in [0.1, 0.15) is 0 Å². The molecule has 1 atom stereocenters. The third kappa shape index (κ3) is 3.29. The quantitative estimate of drug-likeness (QED) is 0.873. The second kappa shape index (κ2) is 6.35. The van der Waals surface area contributed by atoms with E-state index >= 15 is 0 Å². The van der Waals surface area contributed by atoms with Gasteiger partial charge in [-0.05, 0) is 51.9 Å². The van der Waals surface area contributed by atoms with Crippen LogP contribution in [0.5, 0.6) is 11.5 Å². The van der Waals surface area contributed by atoms with E-state index in [0.29, 0.717) is 11.5 Å². The number of rotatable bonds is 5. The summed E-state index contributed by atoms with van der Waals surface area (Å²) in [5.41, 5.74) is 1.60. The van der Waals surface area contributed by atoms with Gasteiger partial charge in [0.2, 0.25) is 0 Å². The van der Waals surface area contributed by atoms with Crippen molar-refractivity contribution in [2.75, 3.05) is 14.2 Å². The van der Waals surface area contributed by atoms with Crippen LogP contribution in [0.15, 0.2) is 16.6 Å². The Kier molecular flexibility index (Phi) is 4.97. The lowest BCUT2D eigenvalue weighted by atomic mass is 9.87. The molecule has 1 saturated carbocycles. The first-order chi connectivity index (χ1) is 9.47. The number of halogens is 1. The molecule has 0 heterocycles. The standard InChI is InChI=1S/C16H24BrNO2/c1-16(2)7-5-6-14(16)18-10-11-8-12(17)15(20-4)13(9-11)19-3/h8-9,14,18H,5-7,10H2,1-4H3. The minimum Gasteiger partial charge on any atom is -0.493 e. The van der Waals surface area contributed by atoms with Crippen molar-refractivity contribution in [1.82, 2.24) is 5.32 Å². The summed E-state index contributed by atoms with van der Waals surface area (Å²) in [6.45, 7) is 5.55. The summed E-state index contributed by atoms with van der Waals surface area (Å²) in [6.07, 6.45) is 3.89. The predicted molar refractivity (Wildman–Crippen MR) is 85.5 cm³/mol. The van der Waals surface area contributed by atoms with Crippen molar-refractivity contribution < 1.29 is 9.47 Å². The van der Waals surface area contributed by atoms with Gasteiger partial charge in [-0.1, -0.05) is 20.3 Å². The van der Waals surface area contributed by atoms with Crippen molar-refractivity contribution in [2.45, 2.75) is 45.7 Å². The van der Waals surface area contributed by atoms with Crippen molar-refractivity contribution >= 4 is 15.9 Å². The van der Waals surface area contributed by atoms with Gasteiger partial charge in [0.25, 0.3) is 0 Å². The fraction of sp³-hybridized carbons (Fsp3) is 0.625. The Bertz CT molecular complexity index is 474. The third-order valence-electron chi connectivity index (χ3n) is 4.30. The van der Waals surface area contributed by atoms with Crippen LogP contribution in [0.3, 0.4) is 0 Å². The highest BCUT2D eigenvalue weighted by molar-refractivity contribution is 9.10. The first-order valence-electron chi connectivity index (χ1n) is 7.11. The number of ether oxygens (including phenoxy) is 2. The largest absolute Gasteiger partial charge is 0.493 e. The molecule has 0 saturated heterocycles. The van der Waals surface area contributed by atoms with Crippen LogP contribution in [-0.2, 0) is 6.54 Å². The Morgan fingerprint density at radius 3 is 2.60 bits per heavy atom. The van der Waals surface area contributed by atoms with Crippen molar-refractivity contribution in [3.05, 3.63) is 22.2 Å². The van der Waals surface area contributed by atoms with Gasteiger partial charge in [-0.3, -0.25) is 0 Å². The smallest absolute Gasteiger partial charge is 0.174 e. The number of benzene rings is 1. The average Bonchev–Trinajstić information content (AvgIpc) is 2.74. The summed E-state index contributed by atoms with van der Waals surface area (Å²) in [7, 11) is 3.32. The zero-order valence-corrected chi connectivity index (χ0v) is 14.3. The van der Waals surface area contributed by atoms with E-state index in [-0.39, 0.29) is 0 Å². The molecule has 2 rings (SSSR count). The summed E-state index contributed by atoms with van der Waals surface area (Å²) >= 11 is 3.54. The first-order valence-corrected chi connectivity index (χ1v) is 7.91. The van der Waals surface area contributed by atoms with E-state index in [1.165, 1.54) is 24.8 Å². The average molecular weight is 342 g/mol. The molecule has 112 valence electrons. The highest BCUT2D eigenvalue weighted by atomic mass is 79.9. The zero-order chi connectivity index (χ0) is 14.8. The predicted octanol–water partition coefficient (Wildman–Crippen LogP) is 4.13. The maximum Gasteiger partial charge on any atom is 0.174 e. The van der Waals surface area contributed by atoms with Crippen molar-refractivity contribution in [3.63, 3.8) is 0 Å². The topological polar surface area (TPSA) is 30.5 Å². The maximum absolute atomic E-state index is 5.39. The molecule has 0 radical (unpaired) electrons. The Labute approximate surface area is 130 Å². The second-order valence-electron chi connectivity index (χ2n) is 6.13. The van der Waals surface area contributed by atoms with Crippen LogP contribution in [0.1, 0.15) is 38.7 Å². The molecule has 1 aromatic carbocycles. The van der Waals surface area contributed by atoms with Crippen molar-refractivity contribution in [2.24, 2.45) is 5.41 Å². The van der Waals surface area contributed by atoms with Crippen LogP contribution < -0.4 is 14.8 Å². The highest BCUT2D eigenvalue weighted by Gasteiger charge is 2.33. The minimum absolute atomic E-state index is 0.397. The fourth-order valence-electron chi connectivity index (χ4n) is 3.02. The normalized spacial score (nSPS) is 20.9. The summed E-state index contributed by atoms with van der Waals surface area (Å²) in [5.74, 6) is 1.52. The lowest BCUT2D eigenvalue weighted by Gasteiger charge is -2.28. The van der Waals surface area contributed by atoms with Gasteiger partial charge in [0.15, 0.2) is 11.5 Å². The molecule has 1 aliphatic rings. The van der Waals surface area contributed by atoms with Gasteiger partial charge in [-0.25, -0.2) is 0 Å². The molecule has 3 nitrogen and oxygen atoms in total. The van der Waals surface area contributed by atoms with E-state index in [9.17, 15) is 0 Å². The number of hydrogen-bond acceptors (Lipinski definition) is 3. The van der Waals surface area contributed by atoms with E-state index in [2.05, 4.69) is 41.2 Å². The van der Waals surface area contributed by atoms with E-state index < -0.39 is 0 Å². The summed E-state index contributed by atoms with van der Waals surface area (Å²) in [4.78, 5) is 0. The molecular formula is C16H24BrNO2. The molecule has 4 heteroatoms. The molecule has 1 N–H and O–H groups in total. The minimum atomic E-state index is 0.397. The van der Waals surface area contributed by atoms with Gasteiger partial charge < -0.3 is 14.8 Å². The molecule has 0 bridgehead atoms. The molecule has 0 aromatic heterocycles. The molecule has 20 heavy (non-hydrogen) atoms. The molecular weight excluding hydrogens is 318 g/mol. The summed E-state index contributed by atoms with van der Waals surface area (Å²) < 4.78 is 11.7. The Morgan fingerprint density at radius 1 is 1.30 bits per heavy atom. The monoisotopic (exact) mass is 341 g/mol. The second-order valence-corrected chi connectivity index (χ2v) is 6.98. The van der Waals surface area contributed by atoms with Gasteiger partial charge in [0, 0.05) is 12.6 Å². The van der Waals surface area contributed by atoms with E-state index in [4.69, 9.17) is 9.47 Å². The Balaban J connectivity index is 2.08. The number of hydrogen-bond donors (Lipinski definition) is 1. The molecule has 0 spiro atoms. The lowest BCUT2D eigenvalue weighted by molar-refractivity contribution is 0.282. The van der Waals surface area contributed by atoms with Crippen LogP contribution in [0, 0.1) is 5.41 Å². The maximum atomic E-state index is 5.39. The van der Waals surface area contributed by atoms with E-state index in [1.807, 2.05) is 6.07 Å². The number of nitrogens with one attached hydrogen (secondary N) is 1. The lowest BCUT2D eigenvalue weighted by Crippen LogP contribution is -2.37. The number of methoxy groups -OCH3 is 2. The third-order valence-corrected chi connectivity index (χ3v) is 4.89. The van der Waals surface area contributed by atoms with Crippen LogP contribution >= 0.6 is 15.9 Å². The van der Waals surface area contributed by atoms with Crippen LogP contribution in [-0.4, -0.2) is 20.3 Å². The molecule has 1 fully saturated rings. The SMILES string of the molecule is COc1cc(CNC2CCCC2(C)C)cc(Br)c1OC. The van der Waals surface area contributed by atoms with Crippen LogP contribution in [0.4, 0.5) is 0 Å².